The second-order valence-corrected chi connectivity index (χ2v) is 8.52. The molecule has 0 aromatic heterocycles. The number of hydrogen-bond acceptors (Lipinski definition) is 2. The van der Waals surface area contributed by atoms with Gasteiger partial charge in [0.2, 0.25) is 0 Å². The summed E-state index contributed by atoms with van der Waals surface area (Å²) in [5.74, 6) is 1.40. The zero-order valence-corrected chi connectivity index (χ0v) is 15.9. The fourth-order valence-corrected chi connectivity index (χ4v) is 5.12. The molecule has 3 nitrogen and oxygen atoms in total. The van der Waals surface area contributed by atoms with E-state index < -0.39 is 0 Å². The average Bonchev–Trinajstić information content (AvgIpc) is 3.24. The molecule has 1 aliphatic heterocycles. The molecule has 1 unspecified atom stereocenters. The number of benzene rings is 1. The lowest BCUT2D eigenvalue weighted by Crippen LogP contribution is -2.40. The van der Waals surface area contributed by atoms with E-state index in [2.05, 4.69) is 42.6 Å². The fourth-order valence-electron chi connectivity index (χ4n) is 5.12. The highest BCUT2D eigenvalue weighted by molar-refractivity contribution is 5.70. The maximum atomic E-state index is 11.4. The van der Waals surface area contributed by atoms with Gasteiger partial charge in [-0.3, -0.25) is 0 Å². The third-order valence-electron chi connectivity index (χ3n) is 6.63. The van der Waals surface area contributed by atoms with Crippen LogP contribution in [0.15, 0.2) is 30.4 Å². The SMILES string of the molecule is CC/C=C\CC[C@@H]1CCc2cc([C@H]3CCC4(COC(=O)N4)C3)ccc2C1. The van der Waals surface area contributed by atoms with E-state index >= 15 is 0 Å². The third-order valence-corrected chi connectivity index (χ3v) is 6.63. The molecular weight excluding hydrogens is 322 g/mol. The van der Waals surface area contributed by atoms with Crippen LogP contribution in [0.2, 0.25) is 0 Å². The van der Waals surface area contributed by atoms with Crippen LogP contribution in [0.3, 0.4) is 0 Å². The first-order chi connectivity index (χ1) is 12.7. The Bertz CT molecular complexity index is 695. The van der Waals surface area contributed by atoms with Crippen molar-refractivity contribution in [3.63, 3.8) is 0 Å². The smallest absolute Gasteiger partial charge is 0.407 e. The van der Waals surface area contributed by atoms with Gasteiger partial charge in [-0.15, -0.1) is 0 Å². The van der Waals surface area contributed by atoms with Gasteiger partial charge >= 0.3 is 6.09 Å². The van der Waals surface area contributed by atoms with Crippen molar-refractivity contribution < 1.29 is 9.53 Å². The lowest BCUT2D eigenvalue weighted by molar-refractivity contribution is 0.172. The summed E-state index contributed by atoms with van der Waals surface area (Å²) in [6.45, 7) is 2.74. The summed E-state index contributed by atoms with van der Waals surface area (Å²) in [5, 5.41) is 3.06. The van der Waals surface area contributed by atoms with E-state index in [1.807, 2.05) is 0 Å². The molecule has 1 aromatic rings. The number of cyclic esters (lactones) is 1. The molecule has 0 bridgehead atoms. The maximum absolute atomic E-state index is 11.4. The normalized spacial score (nSPS) is 30.6. The molecule has 1 saturated heterocycles. The highest BCUT2D eigenvalue weighted by Gasteiger charge is 2.46. The number of nitrogens with one attached hydrogen (secondary N) is 1. The first kappa shape index (κ1) is 17.6. The molecule has 4 rings (SSSR count). The number of amides is 1. The number of alkyl carbamates (subject to hydrolysis) is 1. The quantitative estimate of drug-likeness (QED) is 0.731. The molecule has 1 saturated carbocycles. The first-order valence-electron chi connectivity index (χ1n) is 10.4. The molecule has 0 radical (unpaired) electrons. The van der Waals surface area contributed by atoms with Gasteiger partial charge in [0.05, 0.1) is 5.54 Å². The van der Waals surface area contributed by atoms with E-state index in [-0.39, 0.29) is 11.6 Å². The van der Waals surface area contributed by atoms with Crippen LogP contribution in [0.5, 0.6) is 0 Å². The summed E-state index contributed by atoms with van der Waals surface area (Å²) < 4.78 is 5.17. The Kier molecular flexibility index (Phi) is 5.06. The van der Waals surface area contributed by atoms with Gasteiger partial charge in [-0.2, -0.15) is 0 Å². The number of aryl methyl sites for hydroxylation is 1. The molecule has 3 heteroatoms. The minimum absolute atomic E-state index is 0.102. The van der Waals surface area contributed by atoms with Crippen molar-refractivity contribution in [1.82, 2.24) is 5.32 Å². The van der Waals surface area contributed by atoms with Crippen molar-refractivity contribution in [2.45, 2.75) is 76.2 Å². The van der Waals surface area contributed by atoms with Crippen molar-refractivity contribution in [2.75, 3.05) is 6.61 Å². The summed E-state index contributed by atoms with van der Waals surface area (Å²) in [6, 6.07) is 7.19. The summed E-state index contributed by atoms with van der Waals surface area (Å²) in [5.41, 5.74) is 4.49. The summed E-state index contributed by atoms with van der Waals surface area (Å²) in [6.07, 6.45) is 15.1. The number of carbonyl (C=O) groups is 1. The minimum Gasteiger partial charge on any atom is -0.447 e. The van der Waals surface area contributed by atoms with E-state index in [0.29, 0.717) is 12.5 Å². The van der Waals surface area contributed by atoms with Gasteiger partial charge in [0.15, 0.2) is 0 Å². The van der Waals surface area contributed by atoms with E-state index in [1.165, 1.54) is 37.7 Å². The van der Waals surface area contributed by atoms with E-state index in [9.17, 15) is 4.79 Å². The summed E-state index contributed by atoms with van der Waals surface area (Å²) in [4.78, 5) is 11.4. The number of rotatable bonds is 5. The van der Waals surface area contributed by atoms with Crippen molar-refractivity contribution in [3.05, 3.63) is 47.0 Å². The Labute approximate surface area is 157 Å². The molecule has 26 heavy (non-hydrogen) atoms. The predicted molar refractivity (Wildman–Crippen MR) is 104 cm³/mol. The fraction of sp³-hybridized carbons (Fsp3) is 0.609. The number of ether oxygens (including phenoxy) is 1. The Morgan fingerprint density at radius 2 is 2.19 bits per heavy atom. The molecule has 2 fully saturated rings. The topological polar surface area (TPSA) is 38.3 Å². The van der Waals surface area contributed by atoms with E-state index in [4.69, 9.17) is 4.74 Å². The predicted octanol–water partition coefficient (Wildman–Crippen LogP) is 5.28. The van der Waals surface area contributed by atoms with Crippen LogP contribution >= 0.6 is 0 Å². The third kappa shape index (κ3) is 3.67. The van der Waals surface area contributed by atoms with E-state index in [0.717, 1.165) is 31.6 Å². The Morgan fingerprint density at radius 1 is 1.27 bits per heavy atom. The van der Waals surface area contributed by atoms with Crippen molar-refractivity contribution in [3.8, 4) is 0 Å². The lowest BCUT2D eigenvalue weighted by atomic mass is 9.80. The van der Waals surface area contributed by atoms with Gasteiger partial charge in [-0.05, 0) is 86.3 Å². The molecule has 1 aromatic carbocycles. The molecule has 3 atom stereocenters. The van der Waals surface area contributed by atoms with Gasteiger partial charge in [0.1, 0.15) is 6.61 Å². The van der Waals surface area contributed by atoms with Crippen LogP contribution in [0.25, 0.3) is 0 Å². The first-order valence-corrected chi connectivity index (χ1v) is 10.4. The lowest BCUT2D eigenvalue weighted by Gasteiger charge is -2.26. The van der Waals surface area contributed by atoms with Crippen molar-refractivity contribution in [1.29, 1.82) is 0 Å². The molecule has 3 aliphatic rings. The van der Waals surface area contributed by atoms with Crippen LogP contribution < -0.4 is 5.32 Å². The van der Waals surface area contributed by atoms with Crippen LogP contribution in [0.4, 0.5) is 4.79 Å². The zero-order chi connectivity index (χ0) is 18.0. The Hall–Kier alpha value is -1.77. The van der Waals surface area contributed by atoms with E-state index in [1.54, 1.807) is 11.1 Å². The van der Waals surface area contributed by atoms with Crippen LogP contribution in [0.1, 0.15) is 74.5 Å². The molecule has 2 aliphatic carbocycles. The number of carbonyl (C=O) groups excluding carboxylic acids is 1. The summed E-state index contributed by atoms with van der Waals surface area (Å²) >= 11 is 0. The van der Waals surface area contributed by atoms with Gasteiger partial charge in [0.25, 0.3) is 0 Å². The van der Waals surface area contributed by atoms with Crippen LogP contribution in [-0.4, -0.2) is 18.2 Å². The van der Waals surface area contributed by atoms with Gasteiger partial charge in [-0.25, -0.2) is 4.79 Å². The standard InChI is InChI=1S/C23H31NO2/c1-2-3-4-5-6-17-7-8-19-14-20(10-9-18(19)13-17)21-11-12-23(15-21)16-26-22(25)24-23/h3-4,9-10,14,17,21H,2,5-8,11-13,15-16H2,1H3,(H,24,25)/b4-3-/t17-,21+,23?/m1/s1. The van der Waals surface area contributed by atoms with Crippen LogP contribution in [-0.2, 0) is 17.6 Å². The zero-order valence-electron chi connectivity index (χ0n) is 15.9. The minimum atomic E-state index is -0.240. The van der Waals surface area contributed by atoms with Gasteiger partial charge in [0, 0.05) is 0 Å². The molecule has 1 N–H and O–H groups in total. The highest BCUT2D eigenvalue weighted by atomic mass is 16.6. The molecular formula is C23H31NO2. The second-order valence-electron chi connectivity index (χ2n) is 8.52. The number of hydrogen-bond donors (Lipinski definition) is 1. The van der Waals surface area contributed by atoms with Crippen molar-refractivity contribution >= 4 is 6.09 Å². The van der Waals surface area contributed by atoms with Crippen molar-refractivity contribution in [2.24, 2.45) is 5.92 Å². The second kappa shape index (κ2) is 7.46. The van der Waals surface area contributed by atoms with Crippen LogP contribution in [0, 0.1) is 5.92 Å². The summed E-state index contributed by atoms with van der Waals surface area (Å²) in [7, 11) is 0. The monoisotopic (exact) mass is 353 g/mol. The molecule has 1 spiro atoms. The number of fused-ring (bicyclic) bond motifs is 1. The maximum Gasteiger partial charge on any atom is 0.407 e. The largest absolute Gasteiger partial charge is 0.447 e. The Balaban J connectivity index is 1.38. The highest BCUT2D eigenvalue weighted by Crippen LogP contribution is 2.43. The molecule has 1 amide bonds. The molecule has 1 heterocycles. The van der Waals surface area contributed by atoms with Gasteiger partial charge in [-0.1, -0.05) is 37.3 Å². The number of allylic oxidation sites excluding steroid dienone is 2. The molecule has 140 valence electrons. The van der Waals surface area contributed by atoms with Gasteiger partial charge < -0.3 is 10.1 Å². The Morgan fingerprint density at radius 3 is 3.00 bits per heavy atom. The average molecular weight is 354 g/mol.